The summed E-state index contributed by atoms with van der Waals surface area (Å²) in [5.74, 6) is -8.31. The van der Waals surface area contributed by atoms with E-state index in [9.17, 15) is 30.7 Å². The molecule has 0 bridgehead atoms. The second kappa shape index (κ2) is 6.93. The summed E-state index contributed by atoms with van der Waals surface area (Å²) in [5, 5.41) is 8.40. The Hall–Kier alpha value is -3.16. The number of alkyl halides is 5. The van der Waals surface area contributed by atoms with Crippen molar-refractivity contribution < 1.29 is 30.7 Å². The number of anilines is 1. The number of benzene rings is 1. The van der Waals surface area contributed by atoms with Crippen molar-refractivity contribution in [1.82, 2.24) is 15.1 Å². The first kappa shape index (κ1) is 21.1. The lowest BCUT2D eigenvalue weighted by Gasteiger charge is -2.43. The quantitative estimate of drug-likeness (QED) is 0.615. The third kappa shape index (κ3) is 4.33. The molecular weight excluding hydrogens is 435 g/mol. The largest absolute Gasteiger partial charge is 0.435 e. The zero-order chi connectivity index (χ0) is 22.6. The summed E-state index contributed by atoms with van der Waals surface area (Å²) in [4.78, 5) is 8.03. The van der Waals surface area contributed by atoms with Crippen molar-refractivity contribution >= 4 is 17.6 Å². The highest BCUT2D eigenvalue weighted by Crippen LogP contribution is 2.48. The molecule has 0 saturated heterocycles. The van der Waals surface area contributed by atoms with Gasteiger partial charge >= 0.3 is 6.18 Å². The standard InChI is InChI=1S/C17H14F7N7/c18-9-3-10(19)5-11(4-9)26-13-27-14(31-2-1-12(30-31)16(22,23)24)29-17(25,28-13)8-6-15(20,21)7-8/h1-5,8H,6-7,25H2,(H2,26,27,28,29). The van der Waals surface area contributed by atoms with Crippen molar-refractivity contribution in [1.29, 1.82) is 0 Å². The van der Waals surface area contributed by atoms with Crippen molar-refractivity contribution in [2.45, 2.75) is 30.7 Å². The molecule has 31 heavy (non-hydrogen) atoms. The van der Waals surface area contributed by atoms with E-state index in [-0.39, 0.29) is 17.6 Å². The molecule has 1 aromatic heterocycles. The van der Waals surface area contributed by atoms with E-state index in [1.807, 2.05) is 0 Å². The van der Waals surface area contributed by atoms with E-state index in [0.717, 1.165) is 18.3 Å². The minimum Gasteiger partial charge on any atom is -0.326 e. The second-order valence-corrected chi connectivity index (χ2v) is 7.19. The van der Waals surface area contributed by atoms with Gasteiger partial charge in [-0.15, -0.1) is 0 Å². The van der Waals surface area contributed by atoms with E-state index in [1.54, 1.807) is 0 Å². The highest BCUT2D eigenvalue weighted by atomic mass is 19.4. The number of hydrogen-bond donors (Lipinski definition) is 3. The molecule has 0 radical (unpaired) electrons. The Bertz CT molecular complexity index is 1050. The molecule has 7 nitrogen and oxygen atoms in total. The molecule has 166 valence electrons. The summed E-state index contributed by atoms with van der Waals surface area (Å²) >= 11 is 0. The number of nitrogens with zero attached hydrogens (tertiary/aromatic N) is 4. The van der Waals surface area contributed by atoms with Crippen molar-refractivity contribution in [3.63, 3.8) is 0 Å². The van der Waals surface area contributed by atoms with Crippen LogP contribution >= 0.6 is 0 Å². The number of aromatic nitrogens is 2. The van der Waals surface area contributed by atoms with E-state index < -0.39 is 54.0 Å². The van der Waals surface area contributed by atoms with Crippen LogP contribution in [0.1, 0.15) is 18.5 Å². The van der Waals surface area contributed by atoms with Gasteiger partial charge in [-0.2, -0.15) is 18.3 Å². The summed E-state index contributed by atoms with van der Waals surface area (Å²) in [5.41, 5.74) is 4.78. The van der Waals surface area contributed by atoms with Gasteiger partial charge in [-0.1, -0.05) is 0 Å². The second-order valence-electron chi connectivity index (χ2n) is 7.19. The molecule has 0 spiro atoms. The van der Waals surface area contributed by atoms with Crippen LogP contribution in [-0.2, 0) is 6.18 Å². The first-order chi connectivity index (χ1) is 14.3. The summed E-state index contributed by atoms with van der Waals surface area (Å²) in [6, 6.07) is 3.15. The molecule has 2 heterocycles. The van der Waals surface area contributed by atoms with Crippen LogP contribution in [0.25, 0.3) is 0 Å². The number of nitrogens with one attached hydrogen (secondary N) is 2. The zero-order valence-corrected chi connectivity index (χ0v) is 15.4. The van der Waals surface area contributed by atoms with Crippen LogP contribution in [0.5, 0.6) is 0 Å². The van der Waals surface area contributed by atoms with Crippen LogP contribution in [0.3, 0.4) is 0 Å². The van der Waals surface area contributed by atoms with Crippen LogP contribution in [0.2, 0.25) is 0 Å². The molecule has 0 amide bonds. The molecule has 1 atom stereocenters. The van der Waals surface area contributed by atoms with Gasteiger partial charge in [0, 0.05) is 36.7 Å². The van der Waals surface area contributed by atoms with Crippen LogP contribution in [0, 0.1) is 17.6 Å². The number of hydrogen-bond acceptors (Lipinski definition) is 6. The van der Waals surface area contributed by atoms with Gasteiger partial charge in [0.15, 0.2) is 5.69 Å². The Morgan fingerprint density at radius 1 is 1.10 bits per heavy atom. The smallest absolute Gasteiger partial charge is 0.326 e. The fourth-order valence-corrected chi connectivity index (χ4v) is 3.20. The number of aliphatic imine (C=N–C) groups is 2. The molecule has 2 aliphatic rings. The number of nitrogens with two attached hydrogens (primary N) is 1. The molecule has 14 heteroatoms. The highest BCUT2D eigenvalue weighted by molar-refractivity contribution is 6.07. The van der Waals surface area contributed by atoms with Crippen LogP contribution in [0.15, 0.2) is 40.4 Å². The Labute approximate surface area is 169 Å². The zero-order valence-electron chi connectivity index (χ0n) is 15.4. The lowest BCUT2D eigenvalue weighted by Crippen LogP contribution is -2.59. The first-order valence-corrected chi connectivity index (χ1v) is 8.83. The fourth-order valence-electron chi connectivity index (χ4n) is 3.20. The summed E-state index contributed by atoms with van der Waals surface area (Å²) in [7, 11) is 0. The van der Waals surface area contributed by atoms with Crippen LogP contribution in [0.4, 0.5) is 36.4 Å². The Kier molecular flexibility index (Phi) is 4.72. The Morgan fingerprint density at radius 3 is 2.29 bits per heavy atom. The molecule has 4 N–H and O–H groups in total. The maximum Gasteiger partial charge on any atom is 0.435 e. The van der Waals surface area contributed by atoms with Crippen molar-refractivity contribution in [3.05, 3.63) is 47.8 Å². The van der Waals surface area contributed by atoms with Crippen molar-refractivity contribution in [2.24, 2.45) is 21.6 Å². The lowest BCUT2D eigenvalue weighted by molar-refractivity contribution is -0.141. The number of halogens is 7. The third-order valence-electron chi connectivity index (χ3n) is 4.72. The van der Waals surface area contributed by atoms with Gasteiger partial charge in [0.2, 0.25) is 23.6 Å². The predicted octanol–water partition coefficient (Wildman–Crippen LogP) is 3.11. The molecule has 1 aliphatic heterocycles. The summed E-state index contributed by atoms with van der Waals surface area (Å²) in [6.07, 6.45) is -5.07. The maximum atomic E-state index is 13.5. The highest BCUT2D eigenvalue weighted by Gasteiger charge is 2.55. The topological polar surface area (TPSA) is 92.6 Å². The maximum absolute atomic E-state index is 13.5. The van der Waals surface area contributed by atoms with Gasteiger partial charge in [-0.25, -0.2) is 32.2 Å². The van der Waals surface area contributed by atoms with Crippen molar-refractivity contribution in [2.75, 3.05) is 5.32 Å². The minimum atomic E-state index is -4.73. The van der Waals surface area contributed by atoms with Gasteiger partial charge in [0.05, 0.1) is 0 Å². The number of rotatable bonds is 2. The van der Waals surface area contributed by atoms with Gasteiger partial charge < -0.3 is 5.32 Å². The van der Waals surface area contributed by atoms with E-state index >= 15 is 0 Å². The van der Waals surface area contributed by atoms with Gasteiger partial charge in [-0.05, 0) is 18.2 Å². The van der Waals surface area contributed by atoms with E-state index in [1.165, 1.54) is 0 Å². The van der Waals surface area contributed by atoms with Gasteiger partial charge in [0.1, 0.15) is 11.6 Å². The van der Waals surface area contributed by atoms with Crippen LogP contribution < -0.4 is 16.4 Å². The van der Waals surface area contributed by atoms with E-state index in [2.05, 4.69) is 25.7 Å². The molecule has 1 aromatic carbocycles. The fraction of sp³-hybridized carbons (Fsp3) is 0.353. The monoisotopic (exact) mass is 449 g/mol. The lowest BCUT2D eigenvalue weighted by atomic mass is 9.76. The Balaban J connectivity index is 1.68. The average molecular weight is 449 g/mol. The van der Waals surface area contributed by atoms with Crippen molar-refractivity contribution in [3.8, 4) is 0 Å². The molecule has 1 aliphatic carbocycles. The van der Waals surface area contributed by atoms with Crippen LogP contribution in [-0.4, -0.2) is 33.4 Å². The van der Waals surface area contributed by atoms with E-state index in [0.29, 0.717) is 16.8 Å². The SMILES string of the molecule is NC1(C2CC(F)(F)C2)N=C(Nc2cc(F)cc(F)c2)NC(n2ccc(C(F)(F)F)n2)=N1. The summed E-state index contributed by atoms with van der Waals surface area (Å²) < 4.78 is 93.1. The molecule has 1 fully saturated rings. The Morgan fingerprint density at radius 2 is 1.74 bits per heavy atom. The number of guanidine groups is 1. The average Bonchev–Trinajstić information content (AvgIpc) is 3.09. The third-order valence-corrected chi connectivity index (χ3v) is 4.72. The molecule has 1 saturated carbocycles. The normalized spacial score (nSPS) is 23.5. The summed E-state index contributed by atoms with van der Waals surface area (Å²) in [6.45, 7) is 0. The van der Waals surface area contributed by atoms with Gasteiger partial charge in [-0.3, -0.25) is 11.1 Å². The van der Waals surface area contributed by atoms with E-state index in [4.69, 9.17) is 5.73 Å². The van der Waals surface area contributed by atoms with Gasteiger partial charge in [0.25, 0.3) is 0 Å². The molecule has 1 unspecified atom stereocenters. The first-order valence-electron chi connectivity index (χ1n) is 8.83. The molecular formula is C17H14F7N7. The molecule has 2 aromatic rings. The predicted molar refractivity (Wildman–Crippen MR) is 95.2 cm³/mol. The molecule has 4 rings (SSSR count). The minimum absolute atomic E-state index is 0.109.